The first-order valence-corrected chi connectivity index (χ1v) is 6.35. The Morgan fingerprint density at radius 3 is 2.47 bits per heavy atom. The lowest BCUT2D eigenvalue weighted by Gasteiger charge is -2.12. The molecule has 2 heteroatoms. The fourth-order valence-corrected chi connectivity index (χ4v) is 2.39. The quantitative estimate of drug-likeness (QED) is 0.710. The molecule has 0 spiro atoms. The number of benzene rings is 1. The Bertz CT molecular complexity index is 258. The van der Waals surface area contributed by atoms with E-state index < -0.39 is 0 Å². The summed E-state index contributed by atoms with van der Waals surface area (Å²) in [6.45, 7) is 5.95. The van der Waals surface area contributed by atoms with Gasteiger partial charge in [-0.15, -0.1) is 0 Å². The summed E-state index contributed by atoms with van der Waals surface area (Å²) in [7, 11) is 0. The first-order chi connectivity index (χ1) is 7.18. The maximum absolute atomic E-state index is 5.64. The Morgan fingerprint density at radius 2 is 1.87 bits per heavy atom. The van der Waals surface area contributed by atoms with E-state index in [0.29, 0.717) is 11.4 Å². The van der Waals surface area contributed by atoms with Crippen LogP contribution in [-0.4, -0.2) is 11.4 Å². The van der Waals surface area contributed by atoms with Crippen molar-refractivity contribution in [3.8, 4) is 0 Å². The average Bonchev–Trinajstić information content (AvgIpc) is 2.18. The maximum Gasteiger partial charge on any atom is 0.0717 e. The molecule has 1 rings (SSSR count). The van der Waals surface area contributed by atoms with Crippen LogP contribution in [0.5, 0.6) is 0 Å². The predicted octanol–water partition coefficient (Wildman–Crippen LogP) is 4.01. The Morgan fingerprint density at radius 1 is 1.20 bits per heavy atom. The van der Waals surface area contributed by atoms with Gasteiger partial charge in [-0.3, -0.25) is 0 Å². The van der Waals surface area contributed by atoms with Gasteiger partial charge in [-0.1, -0.05) is 60.1 Å². The van der Waals surface area contributed by atoms with Gasteiger partial charge in [0.15, 0.2) is 0 Å². The minimum atomic E-state index is 0.473. The molecule has 15 heavy (non-hydrogen) atoms. The number of ether oxygens (including phenoxy) is 1. The van der Waals surface area contributed by atoms with E-state index >= 15 is 0 Å². The summed E-state index contributed by atoms with van der Waals surface area (Å²) in [5.74, 6) is 0.717. The molecule has 0 aromatic heterocycles. The van der Waals surface area contributed by atoms with Gasteiger partial charge in [0.25, 0.3) is 0 Å². The molecule has 0 saturated heterocycles. The third kappa shape index (κ3) is 5.95. The average molecular weight is 271 g/mol. The standard InChI is InChI=1S/C13H19BrO/c1-11(2)8-13(14)10-15-9-12-6-4-3-5-7-12/h3-7,11,13H,8-10H2,1-2H3/t13-/m1/s1. The van der Waals surface area contributed by atoms with Crippen molar-refractivity contribution in [2.45, 2.75) is 31.7 Å². The first kappa shape index (κ1) is 12.7. The van der Waals surface area contributed by atoms with Crippen molar-refractivity contribution in [1.29, 1.82) is 0 Å². The largest absolute Gasteiger partial charge is 0.376 e. The van der Waals surface area contributed by atoms with Crippen LogP contribution in [0.25, 0.3) is 0 Å². The van der Waals surface area contributed by atoms with Crippen LogP contribution in [0.4, 0.5) is 0 Å². The molecule has 1 aromatic rings. The molecule has 0 aliphatic heterocycles. The normalized spacial score (nSPS) is 13.1. The lowest BCUT2D eigenvalue weighted by Crippen LogP contribution is -2.11. The van der Waals surface area contributed by atoms with E-state index in [9.17, 15) is 0 Å². The highest BCUT2D eigenvalue weighted by Crippen LogP contribution is 2.13. The zero-order valence-electron chi connectivity index (χ0n) is 9.45. The second-order valence-corrected chi connectivity index (χ2v) is 5.52. The van der Waals surface area contributed by atoms with Crippen molar-refractivity contribution in [2.75, 3.05) is 6.61 Å². The molecule has 0 fully saturated rings. The highest BCUT2D eigenvalue weighted by atomic mass is 79.9. The number of hydrogen-bond acceptors (Lipinski definition) is 1. The molecule has 0 N–H and O–H groups in total. The molecule has 0 saturated carbocycles. The van der Waals surface area contributed by atoms with E-state index in [4.69, 9.17) is 4.74 Å². The van der Waals surface area contributed by atoms with Crippen LogP contribution < -0.4 is 0 Å². The molecule has 1 atom stereocenters. The maximum atomic E-state index is 5.64. The molecule has 84 valence electrons. The van der Waals surface area contributed by atoms with Gasteiger partial charge in [0, 0.05) is 4.83 Å². The van der Waals surface area contributed by atoms with Crippen LogP contribution in [0.1, 0.15) is 25.8 Å². The van der Waals surface area contributed by atoms with Gasteiger partial charge in [0.2, 0.25) is 0 Å². The second-order valence-electron chi connectivity index (χ2n) is 4.23. The summed E-state index contributed by atoms with van der Waals surface area (Å²) in [4.78, 5) is 0.473. The highest BCUT2D eigenvalue weighted by Gasteiger charge is 2.06. The molecule has 0 unspecified atom stereocenters. The number of hydrogen-bond donors (Lipinski definition) is 0. The summed E-state index contributed by atoms with van der Waals surface area (Å²) in [6.07, 6.45) is 1.16. The van der Waals surface area contributed by atoms with Crippen LogP contribution >= 0.6 is 15.9 Å². The van der Waals surface area contributed by atoms with Crippen LogP contribution in [-0.2, 0) is 11.3 Å². The van der Waals surface area contributed by atoms with Crippen LogP contribution in [0.15, 0.2) is 30.3 Å². The zero-order valence-corrected chi connectivity index (χ0v) is 11.0. The summed E-state index contributed by atoms with van der Waals surface area (Å²) in [5.41, 5.74) is 1.24. The van der Waals surface area contributed by atoms with Crippen LogP contribution in [0.2, 0.25) is 0 Å². The summed E-state index contributed by atoms with van der Waals surface area (Å²) >= 11 is 3.63. The summed E-state index contributed by atoms with van der Waals surface area (Å²) in [6, 6.07) is 10.3. The number of alkyl halides is 1. The Balaban J connectivity index is 2.16. The van der Waals surface area contributed by atoms with Crippen molar-refractivity contribution in [1.82, 2.24) is 0 Å². The molecule has 1 nitrogen and oxygen atoms in total. The van der Waals surface area contributed by atoms with Crippen molar-refractivity contribution in [2.24, 2.45) is 5.92 Å². The third-order valence-electron chi connectivity index (χ3n) is 2.14. The third-order valence-corrected chi connectivity index (χ3v) is 2.78. The zero-order chi connectivity index (χ0) is 11.1. The van der Waals surface area contributed by atoms with E-state index in [2.05, 4.69) is 41.9 Å². The fourth-order valence-electron chi connectivity index (χ4n) is 1.46. The molecule has 1 aromatic carbocycles. The number of rotatable bonds is 6. The van der Waals surface area contributed by atoms with Gasteiger partial charge in [-0.2, -0.15) is 0 Å². The summed E-state index contributed by atoms with van der Waals surface area (Å²) < 4.78 is 5.64. The van der Waals surface area contributed by atoms with Gasteiger partial charge < -0.3 is 4.74 Å². The lowest BCUT2D eigenvalue weighted by molar-refractivity contribution is 0.119. The smallest absolute Gasteiger partial charge is 0.0717 e. The highest BCUT2D eigenvalue weighted by molar-refractivity contribution is 9.09. The topological polar surface area (TPSA) is 9.23 Å². The molecular weight excluding hydrogens is 252 g/mol. The van der Waals surface area contributed by atoms with Crippen molar-refractivity contribution >= 4 is 15.9 Å². The second kappa shape index (κ2) is 7.02. The van der Waals surface area contributed by atoms with E-state index in [-0.39, 0.29) is 0 Å². The van der Waals surface area contributed by atoms with Crippen molar-refractivity contribution in [3.63, 3.8) is 0 Å². The van der Waals surface area contributed by atoms with Gasteiger partial charge in [-0.05, 0) is 17.9 Å². The SMILES string of the molecule is CC(C)C[C@@H](Br)COCc1ccccc1. The molecule has 0 heterocycles. The molecule has 0 radical (unpaired) electrons. The van der Waals surface area contributed by atoms with Gasteiger partial charge in [-0.25, -0.2) is 0 Å². The summed E-state index contributed by atoms with van der Waals surface area (Å²) in [5, 5.41) is 0. The number of halogens is 1. The Kier molecular flexibility index (Phi) is 5.96. The van der Waals surface area contributed by atoms with Gasteiger partial charge in [0.05, 0.1) is 13.2 Å². The molecule has 0 aliphatic rings. The lowest BCUT2D eigenvalue weighted by atomic mass is 10.1. The molecular formula is C13H19BrO. The molecule has 0 bridgehead atoms. The Hall–Kier alpha value is -0.340. The van der Waals surface area contributed by atoms with Crippen molar-refractivity contribution < 1.29 is 4.74 Å². The monoisotopic (exact) mass is 270 g/mol. The van der Waals surface area contributed by atoms with Crippen LogP contribution in [0, 0.1) is 5.92 Å². The van der Waals surface area contributed by atoms with E-state index in [1.165, 1.54) is 5.56 Å². The van der Waals surface area contributed by atoms with Crippen LogP contribution in [0.3, 0.4) is 0 Å². The fraction of sp³-hybridized carbons (Fsp3) is 0.538. The van der Waals surface area contributed by atoms with E-state index in [0.717, 1.165) is 18.9 Å². The van der Waals surface area contributed by atoms with Crippen molar-refractivity contribution in [3.05, 3.63) is 35.9 Å². The minimum Gasteiger partial charge on any atom is -0.376 e. The minimum absolute atomic E-state index is 0.473. The molecule has 0 aliphatic carbocycles. The molecule has 0 amide bonds. The first-order valence-electron chi connectivity index (χ1n) is 5.44. The predicted molar refractivity (Wildman–Crippen MR) is 68.3 cm³/mol. The Labute approximate surface area is 101 Å². The van der Waals surface area contributed by atoms with Gasteiger partial charge >= 0.3 is 0 Å². The van der Waals surface area contributed by atoms with E-state index in [1.807, 2.05) is 18.2 Å². The van der Waals surface area contributed by atoms with Gasteiger partial charge in [0.1, 0.15) is 0 Å². The van der Waals surface area contributed by atoms with E-state index in [1.54, 1.807) is 0 Å².